The van der Waals surface area contributed by atoms with Crippen LogP contribution < -0.4 is 0 Å². The molecule has 2 heteroatoms. The summed E-state index contributed by atoms with van der Waals surface area (Å²) in [6.07, 6.45) is 18.6. The highest BCUT2D eigenvalue weighted by Crippen LogP contribution is 2.20. The van der Waals surface area contributed by atoms with Crippen molar-refractivity contribution >= 4 is 6.29 Å². The number of phenols is 1. The van der Waals surface area contributed by atoms with Gasteiger partial charge in [-0.25, -0.2) is 0 Å². The molecule has 0 saturated carbocycles. The van der Waals surface area contributed by atoms with Crippen LogP contribution in [0.25, 0.3) is 0 Å². The summed E-state index contributed by atoms with van der Waals surface area (Å²) in [4.78, 5) is 10.6. The van der Waals surface area contributed by atoms with Gasteiger partial charge in [-0.1, -0.05) is 89.7 Å². The molecule has 0 aliphatic rings. The van der Waals surface area contributed by atoms with E-state index < -0.39 is 0 Å². The number of phenolic OH excluding ortho intramolecular Hbond substituents is 1. The minimum Gasteiger partial charge on any atom is -0.508 e. The van der Waals surface area contributed by atoms with E-state index in [1.54, 1.807) is 6.07 Å². The standard InChI is InChI=1S/C22H36O2/c1-2-3-4-5-6-7-8-9-10-11-12-13-14-20-15-16-22(24)21(19-20)17-18-23/h15-16,18-19,24H,2-14,17H2,1H3. The van der Waals surface area contributed by atoms with Crippen LogP contribution in [-0.2, 0) is 17.6 Å². The Morgan fingerprint density at radius 3 is 1.92 bits per heavy atom. The highest BCUT2D eigenvalue weighted by atomic mass is 16.3. The molecule has 24 heavy (non-hydrogen) atoms. The maximum atomic E-state index is 10.6. The summed E-state index contributed by atoms with van der Waals surface area (Å²) < 4.78 is 0. The number of aromatic hydroxyl groups is 1. The lowest BCUT2D eigenvalue weighted by atomic mass is 10.0. The van der Waals surface area contributed by atoms with Gasteiger partial charge in [-0.2, -0.15) is 0 Å². The smallest absolute Gasteiger partial charge is 0.124 e. The Hall–Kier alpha value is -1.31. The third kappa shape index (κ3) is 9.75. The zero-order chi connectivity index (χ0) is 17.5. The van der Waals surface area contributed by atoms with Crippen molar-refractivity contribution in [2.75, 3.05) is 0 Å². The normalized spacial score (nSPS) is 10.9. The Kier molecular flexibility index (Phi) is 12.2. The second-order valence-electron chi connectivity index (χ2n) is 6.97. The van der Waals surface area contributed by atoms with Gasteiger partial charge >= 0.3 is 0 Å². The summed E-state index contributed by atoms with van der Waals surface area (Å²) in [6.45, 7) is 2.27. The van der Waals surface area contributed by atoms with Gasteiger partial charge in [0, 0.05) is 12.0 Å². The van der Waals surface area contributed by atoms with Gasteiger partial charge in [0.2, 0.25) is 0 Å². The Balaban J connectivity index is 1.98. The molecule has 0 unspecified atom stereocenters. The van der Waals surface area contributed by atoms with Crippen molar-refractivity contribution in [3.63, 3.8) is 0 Å². The predicted molar refractivity (Wildman–Crippen MR) is 103 cm³/mol. The molecule has 1 aromatic carbocycles. The van der Waals surface area contributed by atoms with Crippen molar-refractivity contribution in [3.05, 3.63) is 29.3 Å². The maximum Gasteiger partial charge on any atom is 0.124 e. The number of unbranched alkanes of at least 4 members (excludes halogenated alkanes) is 11. The van der Waals surface area contributed by atoms with E-state index in [1.807, 2.05) is 12.1 Å². The quantitative estimate of drug-likeness (QED) is 0.299. The monoisotopic (exact) mass is 332 g/mol. The molecule has 1 rings (SSSR count). The minimum absolute atomic E-state index is 0.237. The summed E-state index contributed by atoms with van der Waals surface area (Å²) in [5, 5.41) is 9.68. The lowest BCUT2D eigenvalue weighted by Gasteiger charge is -2.06. The number of carbonyl (C=O) groups excluding carboxylic acids is 1. The van der Waals surface area contributed by atoms with Crippen molar-refractivity contribution in [1.82, 2.24) is 0 Å². The van der Waals surface area contributed by atoms with Gasteiger partial charge in [-0.05, 0) is 24.5 Å². The van der Waals surface area contributed by atoms with Crippen molar-refractivity contribution in [2.45, 2.75) is 96.8 Å². The molecule has 0 spiro atoms. The molecular weight excluding hydrogens is 296 g/mol. The molecule has 1 aromatic rings. The summed E-state index contributed by atoms with van der Waals surface area (Å²) in [5.74, 6) is 0.237. The van der Waals surface area contributed by atoms with E-state index in [-0.39, 0.29) is 5.75 Å². The fourth-order valence-electron chi connectivity index (χ4n) is 3.22. The van der Waals surface area contributed by atoms with E-state index in [4.69, 9.17) is 0 Å². The molecule has 0 radical (unpaired) electrons. The van der Waals surface area contributed by atoms with Crippen molar-refractivity contribution in [3.8, 4) is 5.75 Å². The molecule has 0 atom stereocenters. The first-order chi connectivity index (χ1) is 11.8. The highest BCUT2D eigenvalue weighted by Gasteiger charge is 2.02. The van der Waals surface area contributed by atoms with Crippen LogP contribution in [0.5, 0.6) is 5.75 Å². The van der Waals surface area contributed by atoms with Gasteiger partial charge in [0.05, 0.1) is 0 Å². The minimum atomic E-state index is 0.237. The molecular formula is C22H36O2. The number of hydrogen-bond donors (Lipinski definition) is 1. The summed E-state index contributed by atoms with van der Waals surface area (Å²) in [7, 11) is 0. The van der Waals surface area contributed by atoms with Gasteiger partial charge in [0.15, 0.2) is 0 Å². The van der Waals surface area contributed by atoms with Crippen LogP contribution in [0.2, 0.25) is 0 Å². The van der Waals surface area contributed by atoms with Gasteiger partial charge in [-0.3, -0.25) is 0 Å². The van der Waals surface area contributed by atoms with Crippen molar-refractivity contribution in [1.29, 1.82) is 0 Å². The first kappa shape index (κ1) is 20.7. The van der Waals surface area contributed by atoms with Crippen LogP contribution in [0.1, 0.15) is 95.1 Å². The molecule has 0 aliphatic heterocycles. The number of hydrogen-bond acceptors (Lipinski definition) is 2. The molecule has 0 aromatic heterocycles. The Bertz CT molecular complexity index is 440. The van der Waals surface area contributed by atoms with Crippen molar-refractivity contribution in [2.24, 2.45) is 0 Å². The van der Waals surface area contributed by atoms with E-state index in [0.29, 0.717) is 6.42 Å². The third-order valence-electron chi connectivity index (χ3n) is 4.77. The Morgan fingerprint density at radius 2 is 1.38 bits per heavy atom. The molecule has 0 saturated heterocycles. The van der Waals surface area contributed by atoms with Gasteiger partial charge in [0.1, 0.15) is 12.0 Å². The number of carbonyl (C=O) groups is 1. The third-order valence-corrected chi connectivity index (χ3v) is 4.77. The molecule has 0 aliphatic carbocycles. The molecule has 0 amide bonds. The Morgan fingerprint density at radius 1 is 0.833 bits per heavy atom. The zero-order valence-electron chi connectivity index (χ0n) is 15.6. The number of rotatable bonds is 15. The predicted octanol–water partition coefficient (Wildman–Crippen LogP) is 6.38. The van der Waals surface area contributed by atoms with Crippen LogP contribution in [0, 0.1) is 0 Å². The largest absolute Gasteiger partial charge is 0.508 e. The van der Waals surface area contributed by atoms with Crippen LogP contribution in [0.3, 0.4) is 0 Å². The topological polar surface area (TPSA) is 37.3 Å². The second-order valence-corrected chi connectivity index (χ2v) is 6.97. The lowest BCUT2D eigenvalue weighted by molar-refractivity contribution is -0.107. The van der Waals surface area contributed by atoms with Gasteiger partial charge in [0.25, 0.3) is 0 Å². The first-order valence-electron chi connectivity index (χ1n) is 10.0. The Labute approximate surface area is 148 Å². The van der Waals surface area contributed by atoms with Crippen LogP contribution in [0.4, 0.5) is 0 Å². The van der Waals surface area contributed by atoms with E-state index in [1.165, 1.54) is 82.6 Å². The lowest BCUT2D eigenvalue weighted by Crippen LogP contribution is -1.92. The molecule has 0 bridgehead atoms. The summed E-state index contributed by atoms with van der Waals surface area (Å²) in [5.41, 5.74) is 1.98. The fraction of sp³-hybridized carbons (Fsp3) is 0.682. The molecule has 1 N–H and O–H groups in total. The maximum absolute atomic E-state index is 10.6. The van der Waals surface area contributed by atoms with Gasteiger partial charge < -0.3 is 9.90 Å². The molecule has 0 fully saturated rings. The SMILES string of the molecule is CCCCCCCCCCCCCCc1ccc(O)c(CC=O)c1. The average molecular weight is 333 g/mol. The van der Waals surface area contributed by atoms with Crippen LogP contribution >= 0.6 is 0 Å². The van der Waals surface area contributed by atoms with E-state index >= 15 is 0 Å². The number of aryl methyl sites for hydroxylation is 1. The average Bonchev–Trinajstić information content (AvgIpc) is 2.59. The van der Waals surface area contributed by atoms with E-state index in [0.717, 1.165) is 18.3 Å². The highest BCUT2D eigenvalue weighted by molar-refractivity contribution is 5.57. The van der Waals surface area contributed by atoms with Crippen LogP contribution in [0.15, 0.2) is 18.2 Å². The van der Waals surface area contributed by atoms with E-state index in [9.17, 15) is 9.90 Å². The fourth-order valence-corrected chi connectivity index (χ4v) is 3.22. The zero-order valence-corrected chi connectivity index (χ0v) is 15.6. The molecule has 0 heterocycles. The summed E-state index contributed by atoms with van der Waals surface area (Å²) in [6, 6.07) is 5.67. The van der Waals surface area contributed by atoms with Crippen molar-refractivity contribution < 1.29 is 9.90 Å². The number of benzene rings is 1. The summed E-state index contributed by atoms with van der Waals surface area (Å²) >= 11 is 0. The van der Waals surface area contributed by atoms with Crippen LogP contribution in [-0.4, -0.2) is 11.4 Å². The molecule has 136 valence electrons. The first-order valence-corrected chi connectivity index (χ1v) is 10.0. The van der Waals surface area contributed by atoms with E-state index in [2.05, 4.69) is 6.92 Å². The molecule has 2 nitrogen and oxygen atoms in total. The van der Waals surface area contributed by atoms with Gasteiger partial charge in [-0.15, -0.1) is 0 Å². The second kappa shape index (κ2) is 14.1. The number of aldehydes is 1.